The molecule has 2 amide bonds. The Kier molecular flexibility index (Phi) is 9.93. The van der Waals surface area contributed by atoms with Crippen molar-refractivity contribution in [2.45, 2.75) is 33.2 Å². The number of aromatic nitrogens is 2. The summed E-state index contributed by atoms with van der Waals surface area (Å²) in [7, 11) is 0. The van der Waals surface area contributed by atoms with Gasteiger partial charge in [-0.2, -0.15) is 0 Å². The molecule has 0 aliphatic carbocycles. The van der Waals surface area contributed by atoms with Gasteiger partial charge in [-0.1, -0.05) is 59.9 Å². The number of imidazole rings is 1. The lowest BCUT2D eigenvalue weighted by atomic mass is 10.0. The third-order valence-electron chi connectivity index (χ3n) is 9.00. The molecule has 6 aromatic rings. The molecule has 3 heterocycles. The van der Waals surface area contributed by atoms with Crippen LogP contribution in [0.2, 0.25) is 0 Å². The van der Waals surface area contributed by atoms with E-state index in [1.54, 1.807) is 16.2 Å². The number of carbonyl (C=O) groups is 2. The van der Waals surface area contributed by atoms with Crippen LogP contribution in [0.25, 0.3) is 26.4 Å². The highest BCUT2D eigenvalue weighted by atomic mass is 32.1. The Hall–Kier alpha value is -5.03. The molecular weight excluding hydrogens is 647 g/mol. The van der Waals surface area contributed by atoms with Crippen LogP contribution in [0.3, 0.4) is 0 Å². The van der Waals surface area contributed by atoms with Gasteiger partial charge < -0.3 is 14.8 Å². The largest absolute Gasteiger partial charge is 0.492 e. The van der Waals surface area contributed by atoms with E-state index in [-0.39, 0.29) is 11.8 Å². The molecule has 7 rings (SSSR count). The Bertz CT molecular complexity index is 2100. The summed E-state index contributed by atoms with van der Waals surface area (Å²) in [4.78, 5) is 36.9. The minimum Gasteiger partial charge on any atom is -0.492 e. The molecule has 9 nitrogen and oxygen atoms in total. The number of thiazole rings is 1. The average Bonchev–Trinajstić information content (AvgIpc) is 3.67. The summed E-state index contributed by atoms with van der Waals surface area (Å²) in [6.07, 6.45) is 2.42. The van der Waals surface area contributed by atoms with Gasteiger partial charge in [-0.15, -0.1) is 0 Å². The molecule has 4 aromatic carbocycles. The molecule has 0 saturated carbocycles. The van der Waals surface area contributed by atoms with Gasteiger partial charge in [-0.3, -0.25) is 23.8 Å². The molecule has 1 fully saturated rings. The first-order valence-electron chi connectivity index (χ1n) is 17.0. The second-order valence-corrected chi connectivity index (χ2v) is 13.8. The van der Waals surface area contributed by atoms with Crippen LogP contribution in [0.1, 0.15) is 23.6 Å². The Morgan fingerprint density at radius 2 is 1.70 bits per heavy atom. The molecule has 1 aliphatic rings. The van der Waals surface area contributed by atoms with Crippen molar-refractivity contribution in [2.24, 2.45) is 0 Å². The van der Waals surface area contributed by atoms with Gasteiger partial charge in [0.05, 0.1) is 29.1 Å². The van der Waals surface area contributed by atoms with Gasteiger partial charge in [-0.05, 0) is 66.9 Å². The molecule has 1 saturated heterocycles. The fourth-order valence-electron chi connectivity index (χ4n) is 6.58. The number of fused-ring (bicyclic) bond motifs is 3. The van der Waals surface area contributed by atoms with Crippen LogP contribution in [0.4, 0.5) is 11.4 Å². The first-order chi connectivity index (χ1) is 24.3. The van der Waals surface area contributed by atoms with E-state index in [1.807, 2.05) is 92.8 Å². The molecule has 0 bridgehead atoms. The Labute approximate surface area is 296 Å². The third-order valence-corrected chi connectivity index (χ3v) is 10.0. The predicted octanol–water partition coefficient (Wildman–Crippen LogP) is 7.15. The fraction of sp³-hybridized carbons (Fsp3) is 0.275. The summed E-state index contributed by atoms with van der Waals surface area (Å²) in [5.74, 6) is 0.389. The van der Waals surface area contributed by atoms with Crippen molar-refractivity contribution in [2.75, 3.05) is 49.7 Å². The molecule has 1 aliphatic heterocycles. The summed E-state index contributed by atoms with van der Waals surface area (Å²) in [6.45, 7) is 10.5. The number of nitrogens with one attached hydrogen (secondary N) is 1. The molecule has 2 aromatic heterocycles. The number of ether oxygens (including phenoxy) is 2. The summed E-state index contributed by atoms with van der Waals surface area (Å²) in [5.41, 5.74) is 7.21. The first-order valence-corrected chi connectivity index (χ1v) is 17.8. The quantitative estimate of drug-likeness (QED) is 0.156. The third kappa shape index (κ3) is 7.57. The Morgan fingerprint density at radius 1 is 0.960 bits per heavy atom. The summed E-state index contributed by atoms with van der Waals surface area (Å²) in [6, 6.07) is 28.9. The standard InChI is InChI=1S/C40H41N5O4S/c1-27-21-28(2)23-33(22-27)45(29(3)46)37(24-30-7-5-4-6-8-30)39(47)41-32-11-9-31(10-12-32)35-26-44-36-25-34(13-14-38(36)50-40(44)42-35)49-20-17-43-15-18-48-19-16-43/h4-14,21-23,25-26,37H,15-20,24H2,1-3H3,(H,41,47). The number of amides is 2. The van der Waals surface area contributed by atoms with Crippen molar-refractivity contribution >= 4 is 49.7 Å². The van der Waals surface area contributed by atoms with Gasteiger partial charge in [0.25, 0.3) is 0 Å². The number of carbonyl (C=O) groups excluding carboxylic acids is 2. The zero-order valence-electron chi connectivity index (χ0n) is 28.6. The molecular formula is C40H41N5O4S. The molecule has 50 heavy (non-hydrogen) atoms. The summed E-state index contributed by atoms with van der Waals surface area (Å²) in [5, 5.41) is 3.09. The zero-order valence-corrected chi connectivity index (χ0v) is 29.4. The maximum Gasteiger partial charge on any atom is 0.247 e. The van der Waals surface area contributed by atoms with Gasteiger partial charge >= 0.3 is 0 Å². The number of anilines is 2. The highest BCUT2D eigenvalue weighted by molar-refractivity contribution is 7.23. The first kappa shape index (κ1) is 33.5. The molecule has 0 radical (unpaired) electrons. The predicted molar refractivity (Wildman–Crippen MR) is 200 cm³/mol. The van der Waals surface area contributed by atoms with E-state index in [2.05, 4.69) is 32.8 Å². The highest BCUT2D eigenvalue weighted by Gasteiger charge is 2.30. The molecule has 10 heteroatoms. The topological polar surface area (TPSA) is 88.4 Å². The average molecular weight is 688 g/mol. The number of nitrogens with zero attached hydrogens (tertiary/aromatic N) is 4. The maximum absolute atomic E-state index is 14.0. The fourth-order valence-corrected chi connectivity index (χ4v) is 7.57. The number of benzene rings is 4. The van der Waals surface area contributed by atoms with E-state index >= 15 is 0 Å². The molecule has 256 valence electrons. The lowest BCUT2D eigenvalue weighted by molar-refractivity contribution is -0.122. The molecule has 1 N–H and O–H groups in total. The van der Waals surface area contributed by atoms with Crippen molar-refractivity contribution in [3.63, 3.8) is 0 Å². The normalized spacial score (nSPS) is 14.1. The number of rotatable bonds is 11. The van der Waals surface area contributed by atoms with Crippen LogP contribution in [0.5, 0.6) is 5.75 Å². The molecule has 1 atom stereocenters. The monoisotopic (exact) mass is 687 g/mol. The number of aryl methyl sites for hydroxylation is 2. The Balaban J connectivity index is 1.08. The van der Waals surface area contributed by atoms with Gasteiger partial charge in [0, 0.05) is 62.2 Å². The zero-order chi connectivity index (χ0) is 34.6. The van der Waals surface area contributed by atoms with Crippen LogP contribution >= 0.6 is 11.3 Å². The number of morpholine rings is 1. The van der Waals surface area contributed by atoms with Crippen molar-refractivity contribution in [3.8, 4) is 17.0 Å². The van der Waals surface area contributed by atoms with Crippen molar-refractivity contribution < 1.29 is 19.1 Å². The SMILES string of the molecule is CC(=O)N(c1cc(C)cc(C)c1)C(Cc1ccccc1)C(=O)Nc1ccc(-c2cn3c(n2)sc2ccc(OCCN4CCOCC4)cc23)cc1. The second-order valence-electron chi connectivity index (χ2n) is 12.8. The van der Waals surface area contributed by atoms with Crippen LogP contribution in [-0.4, -0.2) is 71.6 Å². The second kappa shape index (κ2) is 14.8. The Morgan fingerprint density at radius 3 is 2.42 bits per heavy atom. The van der Waals surface area contributed by atoms with Crippen LogP contribution in [0.15, 0.2) is 97.2 Å². The number of hydrogen-bond donors (Lipinski definition) is 1. The van der Waals surface area contributed by atoms with E-state index < -0.39 is 6.04 Å². The minimum atomic E-state index is -0.753. The van der Waals surface area contributed by atoms with Gasteiger partial charge in [0.15, 0.2) is 4.96 Å². The van der Waals surface area contributed by atoms with E-state index in [1.165, 1.54) is 6.92 Å². The van der Waals surface area contributed by atoms with E-state index in [0.29, 0.717) is 24.4 Å². The van der Waals surface area contributed by atoms with Crippen molar-refractivity contribution in [1.82, 2.24) is 14.3 Å². The smallest absolute Gasteiger partial charge is 0.247 e. The van der Waals surface area contributed by atoms with Crippen molar-refractivity contribution in [3.05, 3.63) is 114 Å². The van der Waals surface area contributed by atoms with E-state index in [0.717, 1.165) is 81.7 Å². The van der Waals surface area contributed by atoms with Crippen LogP contribution in [0, 0.1) is 13.8 Å². The lowest BCUT2D eigenvalue weighted by Gasteiger charge is -2.31. The van der Waals surface area contributed by atoms with Crippen LogP contribution in [-0.2, 0) is 20.7 Å². The van der Waals surface area contributed by atoms with Crippen LogP contribution < -0.4 is 15.0 Å². The molecule has 0 spiro atoms. The highest BCUT2D eigenvalue weighted by Crippen LogP contribution is 2.32. The minimum absolute atomic E-state index is 0.194. The van der Waals surface area contributed by atoms with Crippen molar-refractivity contribution in [1.29, 1.82) is 0 Å². The summed E-state index contributed by atoms with van der Waals surface area (Å²) >= 11 is 1.64. The van der Waals surface area contributed by atoms with Gasteiger partial charge in [-0.25, -0.2) is 4.98 Å². The maximum atomic E-state index is 14.0. The van der Waals surface area contributed by atoms with Gasteiger partial charge in [0.1, 0.15) is 18.4 Å². The van der Waals surface area contributed by atoms with E-state index in [4.69, 9.17) is 14.5 Å². The van der Waals surface area contributed by atoms with E-state index in [9.17, 15) is 9.59 Å². The summed E-state index contributed by atoms with van der Waals surface area (Å²) < 4.78 is 14.8. The molecule has 1 unspecified atom stereocenters. The van der Waals surface area contributed by atoms with Gasteiger partial charge in [0.2, 0.25) is 11.8 Å². The number of hydrogen-bond acceptors (Lipinski definition) is 7. The lowest BCUT2D eigenvalue weighted by Crippen LogP contribution is -2.48.